The van der Waals surface area contributed by atoms with Gasteiger partial charge in [-0.1, -0.05) is 28.7 Å². The van der Waals surface area contributed by atoms with Crippen LogP contribution in [0.2, 0.25) is 0 Å². The molecule has 0 aromatic heterocycles. The van der Waals surface area contributed by atoms with Crippen LogP contribution in [0.5, 0.6) is 0 Å². The molecule has 0 radical (unpaired) electrons. The molecule has 0 heterocycles. The van der Waals surface area contributed by atoms with Gasteiger partial charge in [0, 0.05) is 4.43 Å². The smallest absolute Gasteiger partial charge is 0.124 e. The van der Waals surface area contributed by atoms with Crippen molar-refractivity contribution >= 4 is 22.6 Å². The predicted molar refractivity (Wildman–Crippen MR) is 48.8 cm³/mol. The summed E-state index contributed by atoms with van der Waals surface area (Å²) in [6.07, 6.45) is 0. The van der Waals surface area contributed by atoms with Gasteiger partial charge in [0.2, 0.25) is 0 Å². The van der Waals surface area contributed by atoms with Gasteiger partial charge in [-0.05, 0) is 17.7 Å². The average molecular weight is 261 g/mol. The van der Waals surface area contributed by atoms with Crippen LogP contribution in [0.3, 0.4) is 0 Å². The molecule has 11 heavy (non-hydrogen) atoms. The zero-order valence-corrected chi connectivity index (χ0v) is 7.80. The third kappa shape index (κ3) is 1.90. The fourth-order valence-electron chi connectivity index (χ4n) is 0.769. The Hall–Kier alpha value is -0.630. The molecular formula is C8H5FIN. The first-order valence-electron chi connectivity index (χ1n) is 3.02. The first-order chi connectivity index (χ1) is 5.27. The Labute approximate surface area is 78.0 Å². The van der Waals surface area contributed by atoms with Crippen LogP contribution in [0.1, 0.15) is 11.1 Å². The molecule has 0 saturated carbocycles. The molecule has 0 aliphatic rings. The van der Waals surface area contributed by atoms with Crippen LogP contribution >= 0.6 is 22.6 Å². The number of hydrogen-bond acceptors (Lipinski definition) is 1. The number of alkyl halides is 1. The lowest BCUT2D eigenvalue weighted by Crippen LogP contribution is -1.86. The summed E-state index contributed by atoms with van der Waals surface area (Å²) in [6, 6.07) is 6.21. The van der Waals surface area contributed by atoms with E-state index in [1.54, 1.807) is 6.07 Å². The maximum atomic E-state index is 12.5. The molecule has 0 spiro atoms. The summed E-state index contributed by atoms with van der Waals surface area (Å²) in [5.74, 6) is -0.352. The quantitative estimate of drug-likeness (QED) is 0.563. The SMILES string of the molecule is N#Cc1cc(F)ccc1CI. The second kappa shape index (κ2) is 3.67. The Morgan fingerprint density at radius 3 is 2.82 bits per heavy atom. The maximum Gasteiger partial charge on any atom is 0.124 e. The van der Waals surface area contributed by atoms with Crippen LogP contribution in [0.15, 0.2) is 18.2 Å². The lowest BCUT2D eigenvalue weighted by atomic mass is 10.1. The predicted octanol–water partition coefficient (Wildman–Crippen LogP) is 2.63. The number of hydrogen-bond donors (Lipinski definition) is 0. The van der Waals surface area contributed by atoms with Crippen molar-refractivity contribution in [2.24, 2.45) is 0 Å². The summed E-state index contributed by atoms with van der Waals surface area (Å²) in [5, 5.41) is 8.55. The Morgan fingerprint density at radius 2 is 2.27 bits per heavy atom. The summed E-state index contributed by atoms with van der Waals surface area (Å²) in [6.45, 7) is 0. The molecule has 0 aliphatic carbocycles. The molecule has 0 bridgehead atoms. The number of halogens is 2. The van der Waals surface area contributed by atoms with Crippen molar-refractivity contribution < 1.29 is 4.39 Å². The van der Waals surface area contributed by atoms with Crippen molar-refractivity contribution in [2.45, 2.75) is 4.43 Å². The van der Waals surface area contributed by atoms with Gasteiger partial charge in [0.25, 0.3) is 0 Å². The van der Waals surface area contributed by atoms with E-state index >= 15 is 0 Å². The summed E-state index contributed by atoms with van der Waals surface area (Å²) in [4.78, 5) is 0. The number of benzene rings is 1. The Bertz CT molecular complexity index is 303. The first kappa shape index (κ1) is 8.47. The van der Waals surface area contributed by atoms with E-state index in [9.17, 15) is 4.39 Å². The van der Waals surface area contributed by atoms with Gasteiger partial charge in [-0.2, -0.15) is 5.26 Å². The Balaban J connectivity index is 3.19. The van der Waals surface area contributed by atoms with Crippen LogP contribution in [0, 0.1) is 17.1 Å². The number of rotatable bonds is 1. The van der Waals surface area contributed by atoms with Gasteiger partial charge in [-0.25, -0.2) is 4.39 Å². The van der Waals surface area contributed by atoms with E-state index in [2.05, 4.69) is 22.6 Å². The van der Waals surface area contributed by atoms with Crippen LogP contribution in [-0.4, -0.2) is 0 Å². The van der Waals surface area contributed by atoms with Gasteiger partial charge < -0.3 is 0 Å². The second-order valence-electron chi connectivity index (χ2n) is 2.05. The normalized spacial score (nSPS) is 9.18. The minimum atomic E-state index is -0.352. The van der Waals surface area contributed by atoms with E-state index in [1.807, 2.05) is 6.07 Å². The molecule has 3 heteroatoms. The Kier molecular flexibility index (Phi) is 2.83. The molecule has 1 aromatic carbocycles. The van der Waals surface area contributed by atoms with Crippen molar-refractivity contribution in [3.63, 3.8) is 0 Å². The molecule has 0 saturated heterocycles. The molecule has 0 fully saturated rings. The van der Waals surface area contributed by atoms with Gasteiger partial charge in [0.15, 0.2) is 0 Å². The highest BCUT2D eigenvalue weighted by atomic mass is 127. The minimum absolute atomic E-state index is 0.352. The molecule has 1 aromatic rings. The molecule has 0 N–H and O–H groups in total. The van der Waals surface area contributed by atoms with E-state index in [4.69, 9.17) is 5.26 Å². The van der Waals surface area contributed by atoms with Crippen molar-refractivity contribution in [2.75, 3.05) is 0 Å². The lowest BCUT2D eigenvalue weighted by Gasteiger charge is -1.97. The van der Waals surface area contributed by atoms with Crippen LogP contribution in [0.4, 0.5) is 4.39 Å². The molecule has 0 unspecified atom stereocenters. The maximum absolute atomic E-state index is 12.5. The van der Waals surface area contributed by atoms with E-state index in [1.165, 1.54) is 12.1 Å². The van der Waals surface area contributed by atoms with Gasteiger partial charge in [-0.15, -0.1) is 0 Å². The molecule has 1 nitrogen and oxygen atoms in total. The third-order valence-corrected chi connectivity index (χ3v) is 2.16. The minimum Gasteiger partial charge on any atom is -0.207 e. The largest absolute Gasteiger partial charge is 0.207 e. The zero-order chi connectivity index (χ0) is 8.27. The van der Waals surface area contributed by atoms with E-state index in [0.29, 0.717) is 5.56 Å². The fourth-order valence-corrected chi connectivity index (χ4v) is 1.43. The third-order valence-electron chi connectivity index (χ3n) is 1.34. The zero-order valence-electron chi connectivity index (χ0n) is 5.64. The van der Waals surface area contributed by atoms with E-state index < -0.39 is 0 Å². The monoisotopic (exact) mass is 261 g/mol. The summed E-state index contributed by atoms with van der Waals surface area (Å²) in [5.41, 5.74) is 1.31. The van der Waals surface area contributed by atoms with Gasteiger partial charge in [0.1, 0.15) is 5.82 Å². The molecule has 56 valence electrons. The van der Waals surface area contributed by atoms with Gasteiger partial charge >= 0.3 is 0 Å². The Morgan fingerprint density at radius 1 is 1.55 bits per heavy atom. The highest BCUT2D eigenvalue weighted by Gasteiger charge is 2.00. The van der Waals surface area contributed by atoms with Crippen molar-refractivity contribution in [3.05, 3.63) is 35.1 Å². The molecule has 0 atom stereocenters. The van der Waals surface area contributed by atoms with Crippen LogP contribution in [0.25, 0.3) is 0 Å². The summed E-state index contributed by atoms with van der Waals surface area (Å²) in [7, 11) is 0. The lowest BCUT2D eigenvalue weighted by molar-refractivity contribution is 0.627. The molecular weight excluding hydrogens is 256 g/mol. The molecule has 1 rings (SSSR count). The highest BCUT2D eigenvalue weighted by molar-refractivity contribution is 14.1. The summed E-state index contributed by atoms with van der Waals surface area (Å²) < 4.78 is 13.3. The van der Waals surface area contributed by atoms with Crippen LogP contribution in [-0.2, 0) is 4.43 Å². The van der Waals surface area contributed by atoms with E-state index in [-0.39, 0.29) is 5.82 Å². The fraction of sp³-hybridized carbons (Fsp3) is 0.125. The molecule has 0 aliphatic heterocycles. The standard InChI is InChI=1S/C8H5FIN/c9-8-2-1-6(4-10)7(3-8)5-11/h1-3H,4H2. The van der Waals surface area contributed by atoms with Gasteiger partial charge in [0.05, 0.1) is 11.6 Å². The highest BCUT2D eigenvalue weighted by Crippen LogP contribution is 2.13. The van der Waals surface area contributed by atoms with Crippen LogP contribution < -0.4 is 0 Å². The van der Waals surface area contributed by atoms with Crippen molar-refractivity contribution in [3.8, 4) is 6.07 Å². The summed E-state index contributed by atoms with van der Waals surface area (Å²) >= 11 is 2.14. The second-order valence-corrected chi connectivity index (χ2v) is 2.81. The number of nitriles is 1. The topological polar surface area (TPSA) is 23.8 Å². The van der Waals surface area contributed by atoms with Crippen molar-refractivity contribution in [1.29, 1.82) is 5.26 Å². The molecule has 0 amide bonds. The first-order valence-corrected chi connectivity index (χ1v) is 4.55. The number of nitrogens with zero attached hydrogens (tertiary/aromatic N) is 1. The van der Waals surface area contributed by atoms with Gasteiger partial charge in [-0.3, -0.25) is 0 Å². The average Bonchev–Trinajstić information content (AvgIpc) is 2.04. The van der Waals surface area contributed by atoms with E-state index in [0.717, 1.165) is 9.99 Å². The van der Waals surface area contributed by atoms with Crippen molar-refractivity contribution in [1.82, 2.24) is 0 Å².